The number of hydrogen-bond acceptors (Lipinski definition) is 6. The van der Waals surface area contributed by atoms with Crippen LogP contribution in [0.5, 0.6) is 0 Å². The Morgan fingerprint density at radius 1 is 1.40 bits per heavy atom. The van der Waals surface area contributed by atoms with Gasteiger partial charge in [-0.1, -0.05) is 0 Å². The molecule has 1 N–H and O–H groups in total. The van der Waals surface area contributed by atoms with Crippen LogP contribution < -0.4 is 5.32 Å². The monoisotopic (exact) mass is 357 g/mol. The van der Waals surface area contributed by atoms with Crippen LogP contribution in [0.15, 0.2) is 30.9 Å². The van der Waals surface area contributed by atoms with Gasteiger partial charge in [0.25, 0.3) is 5.69 Å². The van der Waals surface area contributed by atoms with E-state index in [1.54, 1.807) is 4.68 Å². The van der Waals surface area contributed by atoms with Crippen molar-refractivity contribution in [3.05, 3.63) is 46.5 Å². The molecule has 0 amide bonds. The maximum atomic E-state index is 13.2. The average molecular weight is 357 g/mol. The van der Waals surface area contributed by atoms with E-state index in [0.29, 0.717) is 25.8 Å². The second-order valence-corrected chi connectivity index (χ2v) is 5.92. The molecule has 0 radical (unpaired) electrons. The Morgan fingerprint density at radius 2 is 2.16 bits per heavy atom. The molecular formula is C14H14F3N5O3. The summed E-state index contributed by atoms with van der Waals surface area (Å²) >= 11 is 0. The normalized spacial score (nSPS) is 16.3. The van der Waals surface area contributed by atoms with Gasteiger partial charge >= 0.3 is 6.18 Å². The van der Waals surface area contributed by atoms with Crippen molar-refractivity contribution in [1.82, 2.24) is 14.8 Å². The molecule has 134 valence electrons. The topological polar surface area (TPSA) is 95.1 Å². The molecule has 1 aromatic carbocycles. The smallest absolute Gasteiger partial charge is 0.384 e. The number of halogens is 3. The van der Waals surface area contributed by atoms with E-state index in [4.69, 9.17) is 4.74 Å². The highest BCUT2D eigenvalue weighted by atomic mass is 19.4. The van der Waals surface area contributed by atoms with Crippen molar-refractivity contribution < 1.29 is 22.8 Å². The number of benzene rings is 1. The van der Waals surface area contributed by atoms with Crippen molar-refractivity contribution in [2.45, 2.75) is 12.7 Å². The quantitative estimate of drug-likeness (QED) is 0.630. The number of ether oxygens (including phenoxy) is 1. The molecule has 0 bridgehead atoms. The van der Waals surface area contributed by atoms with Crippen LogP contribution in [0.1, 0.15) is 5.56 Å². The molecule has 0 saturated carbocycles. The Balaban J connectivity index is 1.79. The Morgan fingerprint density at radius 3 is 2.68 bits per heavy atom. The standard InChI is InChI=1S/C14H14F3N5O3/c15-14(16,17)11-3-10(22(23)24)1-2-12(11)19-4-13(6-25-7-13)5-21-9-18-8-20-21/h1-3,8-9,19H,4-7H2. The minimum Gasteiger partial charge on any atom is -0.384 e. The third kappa shape index (κ3) is 3.71. The highest BCUT2D eigenvalue weighted by molar-refractivity contribution is 5.57. The molecular weight excluding hydrogens is 343 g/mol. The first-order valence-corrected chi connectivity index (χ1v) is 7.29. The van der Waals surface area contributed by atoms with E-state index in [0.717, 1.165) is 12.1 Å². The largest absolute Gasteiger partial charge is 0.418 e. The number of alkyl halides is 3. The molecule has 2 heterocycles. The van der Waals surface area contributed by atoms with E-state index < -0.39 is 27.8 Å². The van der Waals surface area contributed by atoms with Crippen molar-refractivity contribution in [3.63, 3.8) is 0 Å². The first kappa shape index (κ1) is 17.1. The number of aromatic nitrogens is 3. The van der Waals surface area contributed by atoms with E-state index in [-0.39, 0.29) is 12.2 Å². The lowest BCUT2D eigenvalue weighted by molar-refractivity contribution is -0.385. The molecule has 8 nitrogen and oxygen atoms in total. The summed E-state index contributed by atoms with van der Waals surface area (Å²) < 4.78 is 46.4. The van der Waals surface area contributed by atoms with E-state index in [9.17, 15) is 23.3 Å². The van der Waals surface area contributed by atoms with Gasteiger partial charge in [-0.15, -0.1) is 0 Å². The first-order chi connectivity index (χ1) is 11.8. The number of nitrogens with one attached hydrogen (secondary N) is 1. The van der Waals surface area contributed by atoms with Crippen LogP contribution in [0.25, 0.3) is 0 Å². The molecule has 1 fully saturated rings. The molecule has 3 rings (SSSR count). The molecule has 0 spiro atoms. The Labute approximate surface area is 139 Å². The van der Waals surface area contributed by atoms with Crippen LogP contribution in [0.2, 0.25) is 0 Å². The molecule has 2 aromatic rings. The van der Waals surface area contributed by atoms with Gasteiger partial charge in [-0.3, -0.25) is 14.8 Å². The molecule has 1 aromatic heterocycles. The maximum absolute atomic E-state index is 13.2. The fourth-order valence-corrected chi connectivity index (χ4v) is 2.62. The summed E-state index contributed by atoms with van der Waals surface area (Å²) in [6.07, 6.45) is -1.81. The van der Waals surface area contributed by atoms with Gasteiger partial charge in [0.2, 0.25) is 0 Å². The van der Waals surface area contributed by atoms with Gasteiger partial charge in [0, 0.05) is 24.4 Å². The van der Waals surface area contributed by atoms with Crippen LogP contribution >= 0.6 is 0 Å². The van der Waals surface area contributed by atoms with Gasteiger partial charge in [0.15, 0.2) is 0 Å². The van der Waals surface area contributed by atoms with Gasteiger partial charge in [0.1, 0.15) is 12.7 Å². The number of nitro groups is 1. The zero-order valence-corrected chi connectivity index (χ0v) is 12.9. The van der Waals surface area contributed by atoms with Crippen LogP contribution in [0, 0.1) is 15.5 Å². The first-order valence-electron chi connectivity index (χ1n) is 7.29. The van der Waals surface area contributed by atoms with Gasteiger partial charge < -0.3 is 10.1 Å². The lowest BCUT2D eigenvalue weighted by Gasteiger charge is -2.41. The van der Waals surface area contributed by atoms with Gasteiger partial charge in [-0.2, -0.15) is 18.3 Å². The van der Waals surface area contributed by atoms with Gasteiger partial charge in [-0.05, 0) is 6.07 Å². The SMILES string of the molecule is O=[N+]([O-])c1ccc(NCC2(Cn3cncn3)COC2)c(C(F)(F)F)c1. The summed E-state index contributed by atoms with van der Waals surface area (Å²) in [7, 11) is 0. The van der Waals surface area contributed by atoms with Crippen molar-refractivity contribution >= 4 is 11.4 Å². The molecule has 0 unspecified atom stereocenters. The van der Waals surface area contributed by atoms with Gasteiger partial charge in [0.05, 0.1) is 35.7 Å². The molecule has 11 heteroatoms. The molecule has 0 aliphatic carbocycles. The summed E-state index contributed by atoms with van der Waals surface area (Å²) in [6, 6.07) is 2.65. The number of anilines is 1. The fraction of sp³-hybridized carbons (Fsp3) is 0.429. The van der Waals surface area contributed by atoms with Crippen molar-refractivity contribution in [2.75, 3.05) is 25.1 Å². The number of non-ortho nitro benzene ring substituents is 1. The summed E-state index contributed by atoms with van der Waals surface area (Å²) in [4.78, 5) is 13.7. The third-order valence-corrected chi connectivity index (χ3v) is 3.95. The second kappa shape index (κ2) is 6.31. The van der Waals surface area contributed by atoms with Crippen LogP contribution in [-0.2, 0) is 17.5 Å². The summed E-state index contributed by atoms with van der Waals surface area (Å²) in [6.45, 7) is 1.38. The molecule has 0 atom stereocenters. The van der Waals surface area contributed by atoms with Crippen molar-refractivity contribution in [2.24, 2.45) is 5.41 Å². The van der Waals surface area contributed by atoms with E-state index in [1.165, 1.54) is 12.7 Å². The molecule has 1 saturated heterocycles. The number of hydrogen-bond donors (Lipinski definition) is 1. The third-order valence-electron chi connectivity index (χ3n) is 3.95. The van der Waals surface area contributed by atoms with Crippen LogP contribution in [-0.4, -0.2) is 39.4 Å². The van der Waals surface area contributed by atoms with Crippen molar-refractivity contribution in [3.8, 4) is 0 Å². The highest BCUT2D eigenvalue weighted by Gasteiger charge is 2.41. The zero-order chi connectivity index (χ0) is 18.1. The Bertz CT molecular complexity index is 760. The number of rotatable bonds is 6. The van der Waals surface area contributed by atoms with Gasteiger partial charge in [-0.25, -0.2) is 4.98 Å². The average Bonchev–Trinajstić information content (AvgIpc) is 3.01. The Hall–Kier alpha value is -2.69. The summed E-state index contributed by atoms with van der Waals surface area (Å²) in [5.41, 5.74) is -2.30. The predicted molar refractivity (Wildman–Crippen MR) is 79.9 cm³/mol. The number of nitrogens with zero attached hydrogens (tertiary/aromatic N) is 4. The summed E-state index contributed by atoms with van der Waals surface area (Å²) in [5, 5.41) is 17.5. The van der Waals surface area contributed by atoms with E-state index in [2.05, 4.69) is 15.4 Å². The van der Waals surface area contributed by atoms with Crippen LogP contribution in [0.3, 0.4) is 0 Å². The molecule has 1 aliphatic heterocycles. The second-order valence-electron chi connectivity index (χ2n) is 5.92. The zero-order valence-electron chi connectivity index (χ0n) is 12.9. The molecule has 25 heavy (non-hydrogen) atoms. The fourth-order valence-electron chi connectivity index (χ4n) is 2.62. The van der Waals surface area contributed by atoms with Crippen LogP contribution in [0.4, 0.5) is 24.5 Å². The van der Waals surface area contributed by atoms with E-state index >= 15 is 0 Å². The minimum atomic E-state index is -4.70. The lowest BCUT2D eigenvalue weighted by atomic mass is 9.85. The van der Waals surface area contributed by atoms with E-state index in [1.807, 2.05) is 0 Å². The lowest BCUT2D eigenvalue weighted by Crippen LogP contribution is -2.50. The maximum Gasteiger partial charge on any atom is 0.418 e. The number of nitro benzene ring substituents is 1. The Kier molecular flexibility index (Phi) is 4.33. The van der Waals surface area contributed by atoms with Crippen molar-refractivity contribution in [1.29, 1.82) is 0 Å². The summed E-state index contributed by atoms with van der Waals surface area (Å²) in [5.74, 6) is 0. The minimum absolute atomic E-state index is 0.202. The molecule has 1 aliphatic rings. The predicted octanol–water partition coefficient (Wildman–Crippen LogP) is 2.33. The highest BCUT2D eigenvalue weighted by Crippen LogP contribution is 2.38.